The molecule has 0 unspecified atom stereocenters. The summed E-state index contributed by atoms with van der Waals surface area (Å²) in [6.45, 7) is 0. The van der Waals surface area contributed by atoms with E-state index in [1.807, 2.05) is 60.7 Å². The molecule has 4 heteroatoms. The molecule has 0 atom stereocenters. The van der Waals surface area contributed by atoms with Crippen molar-refractivity contribution in [3.8, 4) is 39.9 Å². The number of nitrogens with zero attached hydrogens (tertiary/aromatic N) is 4. The Morgan fingerprint density at radius 1 is 0.378 bits per heavy atom. The first kappa shape index (κ1) is 25.4. The van der Waals surface area contributed by atoms with E-state index in [1.165, 1.54) is 43.4 Å². The van der Waals surface area contributed by atoms with Crippen LogP contribution in [-0.2, 0) is 0 Å². The lowest BCUT2D eigenvalue weighted by molar-refractivity contribution is 1.07. The highest BCUT2D eigenvalue weighted by atomic mass is 15.0. The van der Waals surface area contributed by atoms with Gasteiger partial charge < -0.3 is 4.57 Å². The molecule has 0 saturated carbocycles. The van der Waals surface area contributed by atoms with Gasteiger partial charge in [-0.2, -0.15) is 0 Å². The van der Waals surface area contributed by atoms with E-state index in [4.69, 9.17) is 15.0 Å². The van der Waals surface area contributed by atoms with Crippen LogP contribution in [0.25, 0.3) is 83.2 Å². The predicted molar refractivity (Wildman–Crippen MR) is 185 cm³/mol. The highest BCUT2D eigenvalue weighted by Crippen LogP contribution is 2.40. The van der Waals surface area contributed by atoms with Crippen LogP contribution in [0.15, 0.2) is 158 Å². The molecule has 0 amide bonds. The minimum atomic E-state index is 0.639. The molecule has 2 aromatic heterocycles. The van der Waals surface area contributed by atoms with E-state index in [1.54, 1.807) is 0 Å². The average molecular weight is 575 g/mol. The molecule has 0 fully saturated rings. The molecule has 0 radical (unpaired) electrons. The van der Waals surface area contributed by atoms with Crippen LogP contribution < -0.4 is 0 Å². The Kier molecular flexibility index (Phi) is 5.78. The molecule has 0 saturated heterocycles. The molecule has 4 nitrogen and oxygen atoms in total. The van der Waals surface area contributed by atoms with Crippen molar-refractivity contribution in [1.82, 2.24) is 19.5 Å². The molecule has 0 aliphatic carbocycles. The van der Waals surface area contributed by atoms with Crippen molar-refractivity contribution in [1.29, 1.82) is 0 Å². The second kappa shape index (κ2) is 10.2. The van der Waals surface area contributed by atoms with Crippen LogP contribution in [0.1, 0.15) is 0 Å². The zero-order valence-electron chi connectivity index (χ0n) is 24.3. The quantitative estimate of drug-likeness (QED) is 0.210. The summed E-state index contributed by atoms with van der Waals surface area (Å²) in [7, 11) is 0. The van der Waals surface area contributed by atoms with E-state index in [9.17, 15) is 0 Å². The lowest BCUT2D eigenvalue weighted by Crippen LogP contribution is -2.01. The standard InChI is InChI=1S/C41H26N4/c1-3-14-29(15-4-1)39-42-40(30-16-5-2-6-17-30)44-41(43-39)31-18-11-19-32(26-31)45-36-25-23-27-12-7-9-20-33(27)37(36)35-24-22-28-13-8-10-21-34(28)38(35)45/h1-26H. The fourth-order valence-electron chi connectivity index (χ4n) is 6.54. The van der Waals surface area contributed by atoms with Gasteiger partial charge in [0.15, 0.2) is 17.5 Å². The van der Waals surface area contributed by atoms with Gasteiger partial charge in [-0.1, -0.05) is 140 Å². The van der Waals surface area contributed by atoms with E-state index in [0.717, 1.165) is 22.4 Å². The van der Waals surface area contributed by atoms with Crippen LogP contribution in [0, 0.1) is 0 Å². The number of rotatable bonds is 4. The SMILES string of the molecule is c1ccc(-c2nc(-c3ccccc3)nc(-c3cccc(-n4c5ccc6ccccc6c5c5ccc6ccccc6c54)c3)n2)cc1. The topological polar surface area (TPSA) is 43.6 Å². The van der Waals surface area contributed by atoms with Crippen LogP contribution >= 0.6 is 0 Å². The van der Waals surface area contributed by atoms with Gasteiger partial charge in [-0.15, -0.1) is 0 Å². The largest absolute Gasteiger partial charge is 0.309 e. The fraction of sp³-hybridized carbons (Fsp3) is 0. The van der Waals surface area contributed by atoms with Crippen molar-refractivity contribution >= 4 is 43.4 Å². The third-order valence-electron chi connectivity index (χ3n) is 8.60. The summed E-state index contributed by atoms with van der Waals surface area (Å²) < 4.78 is 2.40. The highest BCUT2D eigenvalue weighted by Gasteiger charge is 2.18. The van der Waals surface area contributed by atoms with Gasteiger partial charge in [0.05, 0.1) is 11.0 Å². The Morgan fingerprint density at radius 3 is 1.60 bits per heavy atom. The minimum Gasteiger partial charge on any atom is -0.309 e. The molecule has 210 valence electrons. The first-order valence-electron chi connectivity index (χ1n) is 15.1. The first-order chi connectivity index (χ1) is 22.3. The molecule has 45 heavy (non-hydrogen) atoms. The Hall–Kier alpha value is -6.13. The fourth-order valence-corrected chi connectivity index (χ4v) is 6.54. The van der Waals surface area contributed by atoms with E-state index >= 15 is 0 Å². The molecular weight excluding hydrogens is 548 g/mol. The summed E-state index contributed by atoms with van der Waals surface area (Å²) >= 11 is 0. The first-order valence-corrected chi connectivity index (χ1v) is 15.1. The van der Waals surface area contributed by atoms with Gasteiger partial charge in [-0.3, -0.25) is 0 Å². The second-order valence-electron chi connectivity index (χ2n) is 11.3. The summed E-state index contributed by atoms with van der Waals surface area (Å²) in [5, 5.41) is 7.42. The van der Waals surface area contributed by atoms with E-state index in [0.29, 0.717) is 17.5 Å². The van der Waals surface area contributed by atoms with Crippen LogP contribution in [-0.4, -0.2) is 19.5 Å². The zero-order valence-corrected chi connectivity index (χ0v) is 24.3. The van der Waals surface area contributed by atoms with Gasteiger partial charge in [0, 0.05) is 38.5 Å². The Morgan fingerprint density at radius 2 is 0.911 bits per heavy atom. The van der Waals surface area contributed by atoms with Crippen LogP contribution in [0.5, 0.6) is 0 Å². The number of benzene rings is 7. The lowest BCUT2D eigenvalue weighted by Gasteiger charge is -2.12. The molecule has 0 bridgehead atoms. The van der Waals surface area contributed by atoms with Crippen LogP contribution in [0.3, 0.4) is 0 Å². The smallest absolute Gasteiger partial charge is 0.164 e. The maximum atomic E-state index is 5.01. The summed E-state index contributed by atoms with van der Waals surface area (Å²) in [5.41, 5.74) is 6.26. The summed E-state index contributed by atoms with van der Waals surface area (Å²) in [4.78, 5) is 14.9. The van der Waals surface area contributed by atoms with Crippen LogP contribution in [0.4, 0.5) is 0 Å². The monoisotopic (exact) mass is 574 g/mol. The van der Waals surface area contributed by atoms with Crippen LogP contribution in [0.2, 0.25) is 0 Å². The molecule has 2 heterocycles. The Balaban J connectivity index is 1.32. The van der Waals surface area contributed by atoms with E-state index < -0.39 is 0 Å². The van der Waals surface area contributed by atoms with Gasteiger partial charge in [-0.05, 0) is 34.4 Å². The van der Waals surface area contributed by atoms with Crippen molar-refractivity contribution < 1.29 is 0 Å². The van der Waals surface area contributed by atoms with E-state index in [2.05, 4.69) is 102 Å². The molecule has 9 aromatic rings. The zero-order chi connectivity index (χ0) is 29.7. The Bertz CT molecular complexity index is 2470. The molecule has 9 rings (SSSR count). The van der Waals surface area contributed by atoms with Gasteiger partial charge in [0.2, 0.25) is 0 Å². The van der Waals surface area contributed by atoms with Crippen molar-refractivity contribution in [2.24, 2.45) is 0 Å². The average Bonchev–Trinajstić information content (AvgIpc) is 3.48. The van der Waals surface area contributed by atoms with Gasteiger partial charge >= 0.3 is 0 Å². The highest BCUT2D eigenvalue weighted by molar-refractivity contribution is 6.25. The third kappa shape index (κ3) is 4.19. The molecule has 0 aliphatic rings. The molecule has 0 N–H and O–H groups in total. The van der Waals surface area contributed by atoms with Crippen molar-refractivity contribution in [2.75, 3.05) is 0 Å². The second-order valence-corrected chi connectivity index (χ2v) is 11.3. The van der Waals surface area contributed by atoms with Gasteiger partial charge in [0.25, 0.3) is 0 Å². The van der Waals surface area contributed by atoms with Gasteiger partial charge in [-0.25, -0.2) is 15.0 Å². The third-order valence-corrected chi connectivity index (χ3v) is 8.60. The normalized spacial score (nSPS) is 11.6. The maximum Gasteiger partial charge on any atom is 0.164 e. The Labute approximate surface area is 259 Å². The predicted octanol–water partition coefficient (Wildman–Crippen LogP) is 10.3. The van der Waals surface area contributed by atoms with Crippen molar-refractivity contribution in [2.45, 2.75) is 0 Å². The summed E-state index contributed by atoms with van der Waals surface area (Å²) in [6, 6.07) is 55.1. The molecular formula is C41H26N4. The molecule has 7 aromatic carbocycles. The number of aromatic nitrogens is 4. The number of hydrogen-bond donors (Lipinski definition) is 0. The van der Waals surface area contributed by atoms with E-state index in [-0.39, 0.29) is 0 Å². The number of fused-ring (bicyclic) bond motifs is 7. The molecule has 0 aliphatic heterocycles. The lowest BCUT2D eigenvalue weighted by atomic mass is 10.0. The summed E-state index contributed by atoms with van der Waals surface area (Å²) in [6.07, 6.45) is 0. The minimum absolute atomic E-state index is 0.639. The maximum absolute atomic E-state index is 5.01. The van der Waals surface area contributed by atoms with Gasteiger partial charge in [0.1, 0.15) is 0 Å². The summed E-state index contributed by atoms with van der Waals surface area (Å²) in [5.74, 6) is 1.94. The van der Waals surface area contributed by atoms with Crippen molar-refractivity contribution in [3.05, 3.63) is 158 Å². The molecule has 0 spiro atoms. The van der Waals surface area contributed by atoms with Crippen molar-refractivity contribution in [3.63, 3.8) is 0 Å². The number of hydrogen-bond acceptors (Lipinski definition) is 3.